The zero-order chi connectivity index (χ0) is 14.8. The first-order valence-corrected chi connectivity index (χ1v) is 8.69. The van der Waals surface area contributed by atoms with Gasteiger partial charge in [0.2, 0.25) is 0 Å². The van der Waals surface area contributed by atoms with E-state index in [0.717, 1.165) is 25.8 Å². The van der Waals surface area contributed by atoms with Crippen molar-refractivity contribution in [3.8, 4) is 0 Å². The zero-order valence-electron chi connectivity index (χ0n) is 11.2. The topological polar surface area (TPSA) is 24.9 Å². The molecule has 0 aliphatic carbocycles. The average Bonchev–Trinajstić information content (AvgIpc) is 2.86. The van der Waals surface area contributed by atoms with Crippen LogP contribution in [0.1, 0.15) is 5.56 Å². The molecule has 0 amide bonds. The number of benzene rings is 2. The van der Waals surface area contributed by atoms with Gasteiger partial charge in [0.05, 0.1) is 10.2 Å². The second-order valence-electron chi connectivity index (χ2n) is 4.50. The summed E-state index contributed by atoms with van der Waals surface area (Å²) in [5, 5.41) is 3.69. The highest BCUT2D eigenvalue weighted by atomic mass is 35.5. The summed E-state index contributed by atoms with van der Waals surface area (Å²) in [6.07, 6.45) is 2.02. The van der Waals surface area contributed by atoms with Crippen LogP contribution < -0.4 is 5.32 Å². The Bertz CT molecular complexity index is 768. The number of hydrogen-bond acceptors (Lipinski definition) is 4. The Balaban J connectivity index is 1.78. The maximum atomic E-state index is 13.3. The summed E-state index contributed by atoms with van der Waals surface area (Å²) in [6, 6.07) is 10.6. The monoisotopic (exact) mass is 338 g/mol. The van der Waals surface area contributed by atoms with Gasteiger partial charge in [-0.05, 0) is 48.2 Å². The maximum Gasteiger partial charge on any atom is 0.150 e. The Morgan fingerprint density at radius 2 is 2.14 bits per heavy atom. The predicted octanol–water partition coefficient (Wildman–Crippen LogP) is 5.42. The van der Waals surface area contributed by atoms with Crippen LogP contribution >= 0.6 is 34.7 Å². The second kappa shape index (κ2) is 6.22. The molecule has 2 nitrogen and oxygen atoms in total. The molecule has 108 valence electrons. The van der Waals surface area contributed by atoms with E-state index in [-0.39, 0.29) is 5.82 Å². The van der Waals surface area contributed by atoms with E-state index in [1.54, 1.807) is 29.2 Å². The van der Waals surface area contributed by atoms with Gasteiger partial charge in [-0.1, -0.05) is 23.4 Å². The van der Waals surface area contributed by atoms with Crippen molar-refractivity contribution < 1.29 is 4.39 Å². The summed E-state index contributed by atoms with van der Waals surface area (Å²) in [7, 11) is 0. The molecule has 0 bridgehead atoms. The molecule has 6 heteroatoms. The lowest BCUT2D eigenvalue weighted by molar-refractivity contribution is 0.626. The molecular formula is C15H12ClFN2S2. The summed E-state index contributed by atoms with van der Waals surface area (Å²) in [5.41, 5.74) is 2.80. The van der Waals surface area contributed by atoms with Gasteiger partial charge >= 0.3 is 0 Å². The molecule has 3 aromatic rings. The quantitative estimate of drug-likeness (QED) is 0.643. The number of thioether (sulfide) groups is 1. The van der Waals surface area contributed by atoms with E-state index in [1.807, 2.05) is 18.4 Å². The third-order valence-corrected chi connectivity index (χ3v) is 5.18. The highest BCUT2D eigenvalue weighted by molar-refractivity contribution is 8.00. The van der Waals surface area contributed by atoms with Crippen molar-refractivity contribution in [3.63, 3.8) is 0 Å². The van der Waals surface area contributed by atoms with Gasteiger partial charge in [-0.2, -0.15) is 0 Å². The molecule has 1 heterocycles. The normalized spacial score (nSPS) is 11.0. The Kier molecular flexibility index (Phi) is 4.33. The molecule has 0 aliphatic heterocycles. The van der Waals surface area contributed by atoms with Crippen molar-refractivity contribution in [1.82, 2.24) is 4.98 Å². The van der Waals surface area contributed by atoms with E-state index in [9.17, 15) is 4.39 Å². The number of thiazole rings is 1. The summed E-state index contributed by atoms with van der Waals surface area (Å²) >= 11 is 9.17. The number of aromatic nitrogens is 1. The third-order valence-electron chi connectivity index (χ3n) is 2.96. The molecule has 0 saturated carbocycles. The molecule has 0 aliphatic rings. The first-order chi connectivity index (χ1) is 10.1. The van der Waals surface area contributed by atoms with Crippen LogP contribution in [-0.4, -0.2) is 11.2 Å². The molecule has 1 N–H and O–H groups in total. The fourth-order valence-corrected chi connectivity index (χ4v) is 3.79. The van der Waals surface area contributed by atoms with Crippen molar-refractivity contribution in [1.29, 1.82) is 0 Å². The van der Waals surface area contributed by atoms with Gasteiger partial charge in [-0.15, -0.1) is 11.3 Å². The number of halogens is 2. The summed E-state index contributed by atoms with van der Waals surface area (Å²) in [4.78, 5) is 4.50. The first kappa shape index (κ1) is 14.6. The van der Waals surface area contributed by atoms with Gasteiger partial charge in [0.25, 0.3) is 0 Å². The molecule has 0 radical (unpaired) electrons. The molecule has 3 rings (SSSR count). The molecule has 21 heavy (non-hydrogen) atoms. The summed E-state index contributed by atoms with van der Waals surface area (Å²) in [5.74, 6) is -0.318. The largest absolute Gasteiger partial charge is 0.381 e. The van der Waals surface area contributed by atoms with E-state index >= 15 is 0 Å². The predicted molar refractivity (Wildman–Crippen MR) is 90.1 cm³/mol. The lowest BCUT2D eigenvalue weighted by Gasteiger charge is -2.07. The van der Waals surface area contributed by atoms with E-state index in [4.69, 9.17) is 11.6 Å². The number of fused-ring (bicyclic) bond motifs is 1. The molecule has 0 atom stereocenters. The van der Waals surface area contributed by atoms with Crippen molar-refractivity contribution in [2.45, 2.75) is 10.9 Å². The van der Waals surface area contributed by atoms with Gasteiger partial charge in [-0.3, -0.25) is 0 Å². The smallest absolute Gasteiger partial charge is 0.150 e. The molecular weight excluding hydrogens is 327 g/mol. The minimum atomic E-state index is -0.318. The van der Waals surface area contributed by atoms with Crippen LogP contribution in [0.25, 0.3) is 10.2 Å². The Hall–Kier alpha value is -1.30. The van der Waals surface area contributed by atoms with Gasteiger partial charge in [0.1, 0.15) is 5.82 Å². The Morgan fingerprint density at radius 3 is 2.90 bits per heavy atom. The summed E-state index contributed by atoms with van der Waals surface area (Å²) < 4.78 is 15.5. The van der Waals surface area contributed by atoms with Crippen LogP contribution in [0.4, 0.5) is 10.1 Å². The third kappa shape index (κ3) is 3.48. The van der Waals surface area contributed by atoms with Gasteiger partial charge in [0.15, 0.2) is 4.34 Å². The van der Waals surface area contributed by atoms with Crippen LogP contribution in [0, 0.1) is 5.82 Å². The second-order valence-corrected chi connectivity index (χ2v) is 7.02. The van der Waals surface area contributed by atoms with E-state index in [2.05, 4.69) is 16.4 Å². The van der Waals surface area contributed by atoms with Gasteiger partial charge < -0.3 is 5.32 Å². The Morgan fingerprint density at radius 1 is 1.29 bits per heavy atom. The molecule has 1 aromatic heterocycles. The Labute approximate surface area is 135 Å². The molecule has 2 aromatic carbocycles. The van der Waals surface area contributed by atoms with E-state index < -0.39 is 0 Å². The van der Waals surface area contributed by atoms with Crippen LogP contribution in [0.3, 0.4) is 0 Å². The lowest BCUT2D eigenvalue weighted by atomic mass is 10.2. The van der Waals surface area contributed by atoms with Crippen LogP contribution in [0.15, 0.2) is 40.7 Å². The number of nitrogens with one attached hydrogen (secondary N) is 1. The zero-order valence-corrected chi connectivity index (χ0v) is 13.6. The van der Waals surface area contributed by atoms with Gasteiger partial charge in [-0.25, -0.2) is 9.37 Å². The number of hydrogen-bond donors (Lipinski definition) is 1. The fraction of sp³-hybridized carbons (Fsp3) is 0.133. The van der Waals surface area contributed by atoms with Crippen molar-refractivity contribution in [2.75, 3.05) is 11.6 Å². The van der Waals surface area contributed by atoms with Gasteiger partial charge in [0, 0.05) is 17.3 Å². The standard InChI is InChI=1S/C15H12ClFN2S2/c1-20-15-19-13-3-2-12(7-14(13)21-15)18-8-9-4-10(16)6-11(17)5-9/h2-7,18H,8H2,1H3. The van der Waals surface area contributed by atoms with Crippen LogP contribution in [-0.2, 0) is 6.54 Å². The molecule has 0 saturated heterocycles. The van der Waals surface area contributed by atoms with Crippen LogP contribution in [0.5, 0.6) is 0 Å². The maximum absolute atomic E-state index is 13.3. The average molecular weight is 339 g/mol. The SMILES string of the molecule is CSc1nc2ccc(NCc3cc(F)cc(Cl)c3)cc2s1. The van der Waals surface area contributed by atoms with E-state index in [1.165, 1.54) is 12.1 Å². The highest BCUT2D eigenvalue weighted by Crippen LogP contribution is 2.30. The first-order valence-electron chi connectivity index (χ1n) is 6.27. The van der Waals surface area contributed by atoms with Crippen LogP contribution in [0.2, 0.25) is 5.02 Å². The van der Waals surface area contributed by atoms with Crippen molar-refractivity contribution in [2.24, 2.45) is 0 Å². The van der Waals surface area contributed by atoms with Crippen molar-refractivity contribution in [3.05, 3.63) is 52.8 Å². The fourth-order valence-electron chi connectivity index (χ4n) is 2.02. The molecule has 0 unspecified atom stereocenters. The number of anilines is 1. The minimum Gasteiger partial charge on any atom is -0.381 e. The van der Waals surface area contributed by atoms with Crippen molar-refractivity contribution >= 4 is 50.6 Å². The highest BCUT2D eigenvalue weighted by Gasteiger charge is 2.04. The number of nitrogens with zero attached hydrogens (tertiary/aromatic N) is 1. The summed E-state index contributed by atoms with van der Waals surface area (Å²) in [6.45, 7) is 0.525. The lowest BCUT2D eigenvalue weighted by Crippen LogP contribution is -1.99. The minimum absolute atomic E-state index is 0.318. The number of rotatable bonds is 4. The van der Waals surface area contributed by atoms with E-state index in [0.29, 0.717) is 11.6 Å². The molecule has 0 fully saturated rings. The molecule has 0 spiro atoms.